The van der Waals surface area contributed by atoms with Gasteiger partial charge in [0.25, 0.3) is 0 Å². The van der Waals surface area contributed by atoms with Crippen molar-refractivity contribution >= 4 is 23.4 Å². The summed E-state index contributed by atoms with van der Waals surface area (Å²) in [5, 5.41) is 10.5. The third kappa shape index (κ3) is 8.02. The van der Waals surface area contributed by atoms with Crippen molar-refractivity contribution in [2.24, 2.45) is 4.99 Å². The van der Waals surface area contributed by atoms with Gasteiger partial charge in [-0.2, -0.15) is 0 Å². The predicted octanol–water partition coefficient (Wildman–Crippen LogP) is 4.08. The second kappa shape index (κ2) is 11.0. The molecule has 0 bridgehead atoms. The third-order valence-electron chi connectivity index (χ3n) is 4.16. The Morgan fingerprint density at radius 2 is 1.90 bits per heavy atom. The monoisotopic (exact) mass is 431 g/mol. The minimum Gasteiger partial charge on any atom is -0.444 e. The zero-order valence-electron chi connectivity index (χ0n) is 18.7. The van der Waals surface area contributed by atoms with Crippen molar-refractivity contribution in [3.05, 3.63) is 51.5 Å². The molecule has 0 aliphatic carbocycles. The lowest BCUT2D eigenvalue weighted by molar-refractivity contribution is 0.0504. The molecule has 0 fully saturated rings. The van der Waals surface area contributed by atoms with Crippen LogP contribution in [-0.2, 0) is 11.3 Å². The molecule has 0 aliphatic heterocycles. The largest absolute Gasteiger partial charge is 0.444 e. The Hall–Kier alpha value is -2.61. The molecule has 0 aliphatic rings. The SMILES string of the molecule is CCNC(=NCc1nc(C)c(C)s1)NCC(NC(=O)OC(C)(C)C)c1ccccc1. The number of aliphatic imine (C=N–C) groups is 1. The summed E-state index contributed by atoms with van der Waals surface area (Å²) in [6, 6.07) is 9.54. The highest BCUT2D eigenvalue weighted by atomic mass is 32.1. The van der Waals surface area contributed by atoms with Crippen LogP contribution in [0.15, 0.2) is 35.3 Å². The molecular formula is C22H33N5O2S. The molecular weight excluding hydrogens is 398 g/mol. The third-order valence-corrected chi connectivity index (χ3v) is 5.21. The molecule has 7 nitrogen and oxygen atoms in total. The molecule has 0 saturated carbocycles. The van der Waals surface area contributed by atoms with E-state index in [4.69, 9.17) is 4.74 Å². The van der Waals surface area contributed by atoms with E-state index in [1.807, 2.05) is 65.0 Å². The van der Waals surface area contributed by atoms with Gasteiger partial charge in [-0.1, -0.05) is 30.3 Å². The fourth-order valence-corrected chi connectivity index (χ4v) is 3.54. The molecule has 1 amide bonds. The summed E-state index contributed by atoms with van der Waals surface area (Å²) in [6.07, 6.45) is -0.450. The molecule has 164 valence electrons. The van der Waals surface area contributed by atoms with Crippen molar-refractivity contribution < 1.29 is 9.53 Å². The van der Waals surface area contributed by atoms with E-state index in [1.165, 1.54) is 4.88 Å². The summed E-state index contributed by atoms with van der Waals surface area (Å²) in [4.78, 5) is 22.7. The van der Waals surface area contributed by atoms with Crippen LogP contribution in [0.2, 0.25) is 0 Å². The molecule has 1 aromatic heterocycles. The van der Waals surface area contributed by atoms with Crippen molar-refractivity contribution in [2.75, 3.05) is 13.1 Å². The molecule has 3 N–H and O–H groups in total. The van der Waals surface area contributed by atoms with Crippen LogP contribution in [0.5, 0.6) is 0 Å². The van der Waals surface area contributed by atoms with Crippen LogP contribution < -0.4 is 16.0 Å². The number of hydrogen-bond donors (Lipinski definition) is 3. The first kappa shape index (κ1) is 23.7. The minimum atomic E-state index is -0.556. The smallest absolute Gasteiger partial charge is 0.408 e. The fraction of sp³-hybridized carbons (Fsp3) is 0.500. The first-order valence-electron chi connectivity index (χ1n) is 10.2. The zero-order chi connectivity index (χ0) is 22.1. The minimum absolute atomic E-state index is 0.269. The highest BCUT2D eigenvalue weighted by Crippen LogP contribution is 2.17. The number of rotatable bonds is 7. The number of hydrogen-bond acceptors (Lipinski definition) is 5. The Balaban J connectivity index is 2.08. The number of guanidine groups is 1. The van der Waals surface area contributed by atoms with Gasteiger partial charge in [-0.25, -0.2) is 14.8 Å². The molecule has 1 heterocycles. The number of nitrogens with one attached hydrogen (secondary N) is 3. The van der Waals surface area contributed by atoms with E-state index in [1.54, 1.807) is 11.3 Å². The fourth-order valence-electron chi connectivity index (χ4n) is 2.68. The molecule has 0 saturated heterocycles. The van der Waals surface area contributed by atoms with Gasteiger partial charge in [-0.3, -0.25) is 0 Å². The van der Waals surface area contributed by atoms with Gasteiger partial charge in [-0.15, -0.1) is 11.3 Å². The van der Waals surface area contributed by atoms with Crippen molar-refractivity contribution in [1.29, 1.82) is 0 Å². The second-order valence-corrected chi connectivity index (χ2v) is 9.22. The quantitative estimate of drug-likeness (QED) is 0.454. The number of carbonyl (C=O) groups excluding carboxylic acids is 1. The van der Waals surface area contributed by atoms with E-state index in [0.29, 0.717) is 19.0 Å². The van der Waals surface area contributed by atoms with E-state index >= 15 is 0 Å². The number of thiazole rings is 1. The summed E-state index contributed by atoms with van der Waals surface area (Å²) in [5.41, 5.74) is 1.48. The van der Waals surface area contributed by atoms with Gasteiger partial charge in [0.15, 0.2) is 5.96 Å². The Morgan fingerprint density at radius 3 is 2.47 bits per heavy atom. The van der Waals surface area contributed by atoms with Crippen molar-refractivity contribution in [2.45, 2.75) is 59.7 Å². The number of carbonyl (C=O) groups is 1. The van der Waals surface area contributed by atoms with Crippen LogP contribution >= 0.6 is 11.3 Å². The number of ether oxygens (including phenoxy) is 1. The number of amides is 1. The van der Waals surface area contributed by atoms with E-state index in [0.717, 1.165) is 22.8 Å². The molecule has 8 heteroatoms. The van der Waals surface area contributed by atoms with Gasteiger partial charge >= 0.3 is 6.09 Å². The Kier molecular flexibility index (Phi) is 8.65. The molecule has 1 aromatic carbocycles. The Morgan fingerprint density at radius 1 is 1.20 bits per heavy atom. The molecule has 1 unspecified atom stereocenters. The Labute approximate surface area is 183 Å². The topological polar surface area (TPSA) is 87.6 Å². The summed E-state index contributed by atoms with van der Waals surface area (Å²) in [7, 11) is 0. The van der Waals surface area contributed by atoms with Crippen molar-refractivity contribution in [3.63, 3.8) is 0 Å². The number of aryl methyl sites for hydroxylation is 2. The van der Waals surface area contributed by atoms with E-state index in [-0.39, 0.29) is 6.04 Å². The van der Waals surface area contributed by atoms with Gasteiger partial charge in [0.1, 0.15) is 10.6 Å². The molecule has 0 radical (unpaired) electrons. The number of alkyl carbamates (subject to hydrolysis) is 1. The second-order valence-electron chi connectivity index (χ2n) is 7.93. The first-order chi connectivity index (χ1) is 14.2. The number of benzene rings is 1. The van der Waals surface area contributed by atoms with Crippen molar-refractivity contribution in [3.8, 4) is 0 Å². The number of aromatic nitrogens is 1. The number of nitrogens with zero attached hydrogens (tertiary/aromatic N) is 2. The van der Waals surface area contributed by atoms with E-state index < -0.39 is 11.7 Å². The highest BCUT2D eigenvalue weighted by Gasteiger charge is 2.20. The van der Waals surface area contributed by atoms with Crippen LogP contribution in [-0.4, -0.2) is 35.7 Å². The summed E-state index contributed by atoms with van der Waals surface area (Å²) < 4.78 is 5.43. The standard InChI is InChI=1S/C22H33N5O2S/c1-7-23-20(25-14-19-26-15(2)16(3)30-19)24-13-18(17-11-9-8-10-12-17)27-21(28)29-22(4,5)6/h8-12,18H,7,13-14H2,1-6H3,(H,27,28)(H2,23,24,25). The van der Waals surface area contributed by atoms with Crippen LogP contribution in [0.4, 0.5) is 4.79 Å². The first-order valence-corrected chi connectivity index (χ1v) is 11.0. The molecule has 2 rings (SSSR count). The average Bonchev–Trinajstić information content (AvgIpc) is 2.99. The van der Waals surface area contributed by atoms with Crippen LogP contribution in [0.1, 0.15) is 54.9 Å². The van der Waals surface area contributed by atoms with Crippen LogP contribution in [0, 0.1) is 13.8 Å². The normalized spacial score (nSPS) is 12.9. The maximum Gasteiger partial charge on any atom is 0.408 e. The highest BCUT2D eigenvalue weighted by molar-refractivity contribution is 7.11. The lowest BCUT2D eigenvalue weighted by Gasteiger charge is -2.24. The maximum atomic E-state index is 12.3. The van der Waals surface area contributed by atoms with Crippen LogP contribution in [0.25, 0.3) is 0 Å². The Bertz CT molecular complexity index is 823. The van der Waals surface area contributed by atoms with Crippen LogP contribution in [0.3, 0.4) is 0 Å². The van der Waals surface area contributed by atoms with Gasteiger partial charge < -0.3 is 20.7 Å². The molecule has 2 aromatic rings. The van der Waals surface area contributed by atoms with Crippen molar-refractivity contribution in [1.82, 2.24) is 20.9 Å². The maximum absolute atomic E-state index is 12.3. The van der Waals surface area contributed by atoms with Gasteiger partial charge in [-0.05, 0) is 47.1 Å². The lowest BCUT2D eigenvalue weighted by Crippen LogP contribution is -2.44. The summed E-state index contributed by atoms with van der Waals surface area (Å²) >= 11 is 1.66. The van der Waals surface area contributed by atoms with Gasteiger partial charge in [0.05, 0.1) is 18.3 Å². The molecule has 1 atom stereocenters. The summed E-state index contributed by atoms with van der Waals surface area (Å²) in [5.74, 6) is 0.676. The predicted molar refractivity (Wildman–Crippen MR) is 123 cm³/mol. The molecule has 0 spiro atoms. The molecule has 30 heavy (non-hydrogen) atoms. The van der Waals surface area contributed by atoms with E-state index in [2.05, 4.69) is 32.9 Å². The summed E-state index contributed by atoms with van der Waals surface area (Å²) in [6.45, 7) is 13.3. The van der Waals surface area contributed by atoms with E-state index in [9.17, 15) is 4.79 Å². The lowest BCUT2D eigenvalue weighted by atomic mass is 10.1. The zero-order valence-corrected chi connectivity index (χ0v) is 19.5. The van der Waals surface area contributed by atoms with Gasteiger partial charge in [0.2, 0.25) is 0 Å². The van der Waals surface area contributed by atoms with Gasteiger partial charge in [0, 0.05) is 18.0 Å². The average molecular weight is 432 g/mol.